The monoisotopic (exact) mass is 401 g/mol. The molecule has 3 aromatic carbocycles. The van der Waals surface area contributed by atoms with Gasteiger partial charge >= 0.3 is 5.97 Å². The minimum Gasteiger partial charge on any atom is -0.492 e. The predicted octanol–water partition coefficient (Wildman–Crippen LogP) is 4.71. The van der Waals surface area contributed by atoms with Gasteiger partial charge in [0, 0.05) is 18.5 Å². The van der Waals surface area contributed by atoms with Crippen molar-refractivity contribution in [3.8, 4) is 22.6 Å². The molecule has 4 rings (SSSR count). The maximum absolute atomic E-state index is 12.9. The van der Waals surface area contributed by atoms with E-state index in [-0.39, 0.29) is 18.9 Å². The number of para-hydroxylation sites is 3. The van der Waals surface area contributed by atoms with Crippen LogP contribution in [0.4, 0.5) is 5.69 Å². The molecule has 0 aliphatic carbocycles. The summed E-state index contributed by atoms with van der Waals surface area (Å²) in [7, 11) is 0. The second kappa shape index (κ2) is 8.82. The third kappa shape index (κ3) is 4.06. The second-order valence-corrected chi connectivity index (χ2v) is 7.09. The van der Waals surface area contributed by atoms with Gasteiger partial charge in [0.25, 0.3) is 0 Å². The lowest BCUT2D eigenvalue weighted by molar-refractivity contribution is -0.139. The van der Waals surface area contributed by atoms with Gasteiger partial charge in [0.15, 0.2) is 0 Å². The van der Waals surface area contributed by atoms with Gasteiger partial charge in [-0.2, -0.15) is 0 Å². The molecule has 1 atom stereocenters. The summed E-state index contributed by atoms with van der Waals surface area (Å²) >= 11 is 0. The molecule has 0 radical (unpaired) electrons. The highest BCUT2D eigenvalue weighted by Crippen LogP contribution is 2.35. The summed E-state index contributed by atoms with van der Waals surface area (Å²) in [5, 5.41) is 0. The SMILES string of the molecule is CCOc1ccccc1N1C[C@@H](C(=O)Oc2ccccc2-c2ccccc2)CC1=O. The van der Waals surface area contributed by atoms with Crippen LogP contribution in [0, 0.1) is 5.92 Å². The van der Waals surface area contributed by atoms with E-state index in [1.807, 2.05) is 79.7 Å². The van der Waals surface area contributed by atoms with Crippen LogP contribution in [0.1, 0.15) is 13.3 Å². The minimum absolute atomic E-state index is 0.111. The lowest BCUT2D eigenvalue weighted by Gasteiger charge is -2.20. The Morgan fingerprint density at radius 1 is 0.933 bits per heavy atom. The number of hydrogen-bond donors (Lipinski definition) is 0. The number of carbonyl (C=O) groups is 2. The van der Waals surface area contributed by atoms with Gasteiger partial charge in [-0.05, 0) is 30.7 Å². The number of rotatable bonds is 6. The lowest BCUT2D eigenvalue weighted by atomic mass is 10.0. The summed E-state index contributed by atoms with van der Waals surface area (Å²) in [5.41, 5.74) is 2.49. The van der Waals surface area contributed by atoms with Crippen molar-refractivity contribution >= 4 is 17.6 Å². The molecule has 1 fully saturated rings. The van der Waals surface area contributed by atoms with E-state index in [2.05, 4.69) is 0 Å². The fraction of sp³-hybridized carbons (Fsp3) is 0.200. The fourth-order valence-electron chi connectivity index (χ4n) is 3.66. The maximum atomic E-state index is 12.9. The average Bonchev–Trinajstić information content (AvgIpc) is 3.17. The summed E-state index contributed by atoms with van der Waals surface area (Å²) in [6.45, 7) is 2.67. The van der Waals surface area contributed by atoms with Gasteiger partial charge in [-0.1, -0.05) is 60.7 Å². The highest BCUT2D eigenvalue weighted by atomic mass is 16.5. The van der Waals surface area contributed by atoms with Crippen molar-refractivity contribution in [3.63, 3.8) is 0 Å². The number of esters is 1. The van der Waals surface area contributed by atoms with E-state index in [0.29, 0.717) is 23.8 Å². The zero-order valence-corrected chi connectivity index (χ0v) is 16.8. The Balaban J connectivity index is 1.52. The Hall–Kier alpha value is -3.60. The first kappa shape index (κ1) is 19.7. The Bertz CT molecular complexity index is 1050. The van der Waals surface area contributed by atoms with Crippen LogP contribution in [0.15, 0.2) is 78.9 Å². The standard InChI is InChI=1S/C25H23NO4/c1-2-29-23-15-9-7-13-21(23)26-17-19(16-24(26)27)25(28)30-22-14-8-6-12-20(22)18-10-4-3-5-11-18/h3-15,19H,2,16-17H2,1H3/t19-/m0/s1. The average molecular weight is 401 g/mol. The third-order valence-electron chi connectivity index (χ3n) is 5.10. The van der Waals surface area contributed by atoms with Gasteiger partial charge < -0.3 is 14.4 Å². The summed E-state index contributed by atoms with van der Waals surface area (Å²) < 4.78 is 11.4. The molecule has 0 saturated carbocycles. The predicted molar refractivity (Wildman–Crippen MR) is 116 cm³/mol. The van der Waals surface area contributed by atoms with Gasteiger partial charge in [0.05, 0.1) is 18.2 Å². The van der Waals surface area contributed by atoms with Gasteiger partial charge in [-0.3, -0.25) is 9.59 Å². The van der Waals surface area contributed by atoms with Gasteiger partial charge in [0.1, 0.15) is 11.5 Å². The number of carbonyl (C=O) groups excluding carboxylic acids is 2. The summed E-state index contributed by atoms with van der Waals surface area (Å²) in [6, 6.07) is 24.6. The highest BCUT2D eigenvalue weighted by molar-refractivity contribution is 6.00. The Morgan fingerprint density at radius 2 is 1.60 bits per heavy atom. The quantitative estimate of drug-likeness (QED) is 0.443. The molecule has 1 aliphatic rings. The molecule has 0 spiro atoms. The molecular weight excluding hydrogens is 378 g/mol. The van der Waals surface area contributed by atoms with E-state index in [1.165, 1.54) is 0 Å². The minimum atomic E-state index is -0.531. The molecule has 3 aromatic rings. The molecule has 5 nitrogen and oxygen atoms in total. The zero-order chi connectivity index (χ0) is 20.9. The molecule has 1 amide bonds. The molecule has 152 valence electrons. The van der Waals surface area contributed by atoms with Crippen molar-refractivity contribution in [1.29, 1.82) is 0 Å². The first-order chi connectivity index (χ1) is 14.7. The van der Waals surface area contributed by atoms with Crippen LogP contribution in [0.25, 0.3) is 11.1 Å². The fourth-order valence-corrected chi connectivity index (χ4v) is 3.66. The summed E-state index contributed by atoms with van der Waals surface area (Å²) in [4.78, 5) is 27.2. The van der Waals surface area contributed by atoms with Crippen LogP contribution in [0.2, 0.25) is 0 Å². The Morgan fingerprint density at radius 3 is 2.37 bits per heavy atom. The van der Waals surface area contributed by atoms with Crippen molar-refractivity contribution in [2.75, 3.05) is 18.1 Å². The van der Waals surface area contributed by atoms with E-state index in [1.54, 1.807) is 11.0 Å². The largest absolute Gasteiger partial charge is 0.492 e. The van der Waals surface area contributed by atoms with Crippen LogP contribution in [-0.2, 0) is 9.59 Å². The van der Waals surface area contributed by atoms with E-state index < -0.39 is 11.9 Å². The third-order valence-corrected chi connectivity index (χ3v) is 5.10. The van der Waals surface area contributed by atoms with Crippen LogP contribution in [0.3, 0.4) is 0 Å². The molecule has 0 N–H and O–H groups in total. The van der Waals surface area contributed by atoms with Crippen LogP contribution in [0.5, 0.6) is 11.5 Å². The molecule has 5 heteroatoms. The van der Waals surface area contributed by atoms with Crippen molar-refractivity contribution in [1.82, 2.24) is 0 Å². The van der Waals surface area contributed by atoms with Crippen LogP contribution in [-0.4, -0.2) is 25.0 Å². The van der Waals surface area contributed by atoms with Crippen molar-refractivity contribution in [3.05, 3.63) is 78.9 Å². The normalized spacial score (nSPS) is 15.8. The van der Waals surface area contributed by atoms with Gasteiger partial charge in [0.2, 0.25) is 5.91 Å². The van der Waals surface area contributed by atoms with Crippen molar-refractivity contribution in [2.24, 2.45) is 5.92 Å². The summed E-state index contributed by atoms with van der Waals surface area (Å²) in [5.74, 6) is 0.0886. The molecule has 30 heavy (non-hydrogen) atoms. The molecule has 1 saturated heterocycles. The molecule has 0 unspecified atom stereocenters. The van der Waals surface area contributed by atoms with Crippen LogP contribution >= 0.6 is 0 Å². The van der Waals surface area contributed by atoms with Crippen LogP contribution < -0.4 is 14.4 Å². The Kier molecular flexibility index (Phi) is 5.80. The summed E-state index contributed by atoms with van der Waals surface area (Å²) in [6.07, 6.45) is 0.118. The molecule has 1 aliphatic heterocycles. The smallest absolute Gasteiger partial charge is 0.316 e. The lowest BCUT2D eigenvalue weighted by Crippen LogP contribution is -2.27. The number of nitrogens with zero attached hydrogens (tertiary/aromatic N) is 1. The van der Waals surface area contributed by atoms with Gasteiger partial charge in [-0.25, -0.2) is 0 Å². The molecule has 0 bridgehead atoms. The van der Waals surface area contributed by atoms with Crippen molar-refractivity contribution < 1.29 is 19.1 Å². The maximum Gasteiger partial charge on any atom is 0.316 e. The van der Waals surface area contributed by atoms with E-state index in [4.69, 9.17) is 9.47 Å². The number of hydrogen-bond acceptors (Lipinski definition) is 4. The number of benzene rings is 3. The Labute approximate surface area is 175 Å². The zero-order valence-electron chi connectivity index (χ0n) is 16.8. The van der Waals surface area contributed by atoms with E-state index in [9.17, 15) is 9.59 Å². The first-order valence-corrected chi connectivity index (χ1v) is 10.1. The molecule has 0 aromatic heterocycles. The number of amides is 1. The molecule has 1 heterocycles. The number of anilines is 1. The molecular formula is C25H23NO4. The first-order valence-electron chi connectivity index (χ1n) is 10.1. The second-order valence-electron chi connectivity index (χ2n) is 7.09. The van der Waals surface area contributed by atoms with E-state index in [0.717, 1.165) is 11.1 Å². The topological polar surface area (TPSA) is 55.8 Å². The highest BCUT2D eigenvalue weighted by Gasteiger charge is 2.37. The number of ether oxygens (including phenoxy) is 2. The van der Waals surface area contributed by atoms with Crippen molar-refractivity contribution in [2.45, 2.75) is 13.3 Å². The van der Waals surface area contributed by atoms with E-state index >= 15 is 0 Å². The van der Waals surface area contributed by atoms with Gasteiger partial charge in [-0.15, -0.1) is 0 Å².